The third-order valence-electron chi connectivity index (χ3n) is 6.82. The Morgan fingerprint density at radius 1 is 1.09 bits per heavy atom. The van der Waals surface area contributed by atoms with Crippen LogP contribution in [-0.4, -0.2) is 22.5 Å². The first-order chi connectivity index (χ1) is 16.1. The number of amides is 1. The number of phenols is 1. The fourth-order valence-electron chi connectivity index (χ4n) is 5.27. The molecule has 2 unspecified atom stereocenters. The number of hydrogen-bond donors (Lipinski definition) is 3. The van der Waals surface area contributed by atoms with E-state index in [0.29, 0.717) is 18.0 Å². The van der Waals surface area contributed by atoms with Gasteiger partial charge in [0, 0.05) is 33.5 Å². The number of phenolic OH excluding ortho intramolecular Hbond substituents is 1. The number of nitrogens with one attached hydrogen (secondary N) is 2. The Hall–Kier alpha value is -3.05. The van der Waals surface area contributed by atoms with Gasteiger partial charge in [0.15, 0.2) is 0 Å². The average Bonchev–Trinajstić information content (AvgIpc) is 3.21. The Kier molecular flexibility index (Phi) is 6.23. The summed E-state index contributed by atoms with van der Waals surface area (Å²) in [5, 5.41) is 14.3. The molecule has 0 radical (unpaired) electrons. The highest BCUT2D eigenvalue weighted by molar-refractivity contribution is 9.10. The van der Waals surface area contributed by atoms with Crippen LogP contribution in [-0.2, 0) is 6.42 Å². The minimum absolute atomic E-state index is 0.00997. The van der Waals surface area contributed by atoms with Gasteiger partial charge in [0.2, 0.25) is 0 Å². The molecule has 1 aromatic heterocycles. The molecule has 0 saturated heterocycles. The predicted molar refractivity (Wildman–Crippen MR) is 136 cm³/mol. The van der Waals surface area contributed by atoms with E-state index in [9.17, 15) is 9.90 Å². The molecule has 0 saturated carbocycles. The first kappa shape index (κ1) is 21.8. The summed E-state index contributed by atoms with van der Waals surface area (Å²) in [4.78, 5) is 16.4. The fraction of sp³-hybridized carbons (Fsp3) is 0.250. The van der Waals surface area contributed by atoms with Crippen LogP contribution in [0.2, 0.25) is 0 Å². The molecule has 4 nitrogen and oxygen atoms in total. The number of benzene rings is 3. The Labute approximate surface area is 202 Å². The van der Waals surface area contributed by atoms with Gasteiger partial charge in [-0.15, -0.1) is 0 Å². The largest absolute Gasteiger partial charge is 0.507 e. The predicted octanol–water partition coefficient (Wildman–Crippen LogP) is 6.66. The summed E-state index contributed by atoms with van der Waals surface area (Å²) >= 11 is 3.63. The summed E-state index contributed by atoms with van der Waals surface area (Å²) in [6.45, 7) is 0.546. The van der Waals surface area contributed by atoms with Gasteiger partial charge in [0.25, 0.3) is 5.91 Å². The van der Waals surface area contributed by atoms with Crippen LogP contribution < -0.4 is 5.32 Å². The quantitative estimate of drug-likeness (QED) is 0.276. The number of aryl methyl sites for hydroxylation is 1. The monoisotopic (exact) mass is 502 g/mol. The molecule has 1 aliphatic carbocycles. The van der Waals surface area contributed by atoms with E-state index in [-0.39, 0.29) is 17.6 Å². The second kappa shape index (κ2) is 9.44. The van der Waals surface area contributed by atoms with E-state index < -0.39 is 0 Å². The van der Waals surface area contributed by atoms with Crippen LogP contribution in [0.1, 0.15) is 58.3 Å². The molecule has 168 valence electrons. The molecule has 3 aromatic carbocycles. The van der Waals surface area contributed by atoms with E-state index in [0.717, 1.165) is 30.2 Å². The van der Waals surface area contributed by atoms with Crippen molar-refractivity contribution < 1.29 is 9.90 Å². The number of aromatic nitrogens is 1. The molecule has 2 atom stereocenters. The highest BCUT2D eigenvalue weighted by Crippen LogP contribution is 2.45. The number of carbonyl (C=O) groups is 1. The minimum Gasteiger partial charge on any atom is -0.507 e. The lowest BCUT2D eigenvalue weighted by molar-refractivity contribution is 0.0949. The first-order valence-corrected chi connectivity index (χ1v) is 12.3. The molecule has 1 aliphatic rings. The van der Waals surface area contributed by atoms with Crippen molar-refractivity contribution in [2.75, 3.05) is 6.54 Å². The summed E-state index contributed by atoms with van der Waals surface area (Å²) in [7, 11) is 0. The van der Waals surface area contributed by atoms with Gasteiger partial charge in [0.1, 0.15) is 5.75 Å². The highest BCUT2D eigenvalue weighted by atomic mass is 79.9. The number of aromatic hydroxyl groups is 1. The highest BCUT2D eigenvalue weighted by Gasteiger charge is 2.31. The number of hydrogen-bond acceptors (Lipinski definition) is 2. The maximum Gasteiger partial charge on any atom is 0.255 e. The van der Waals surface area contributed by atoms with E-state index in [2.05, 4.69) is 68.7 Å². The van der Waals surface area contributed by atoms with Crippen molar-refractivity contribution in [3.05, 3.63) is 99.7 Å². The van der Waals surface area contributed by atoms with Crippen LogP contribution in [0, 0.1) is 0 Å². The van der Waals surface area contributed by atoms with Crippen LogP contribution >= 0.6 is 15.9 Å². The van der Waals surface area contributed by atoms with Gasteiger partial charge >= 0.3 is 0 Å². The molecular weight excluding hydrogens is 476 g/mol. The topological polar surface area (TPSA) is 65.1 Å². The second-order valence-corrected chi connectivity index (χ2v) is 9.70. The van der Waals surface area contributed by atoms with E-state index >= 15 is 0 Å². The Bertz CT molecular complexity index is 1280. The molecule has 1 heterocycles. The van der Waals surface area contributed by atoms with Gasteiger partial charge in [-0.1, -0.05) is 58.4 Å². The number of para-hydroxylation sites is 1. The van der Waals surface area contributed by atoms with Crippen molar-refractivity contribution in [3.8, 4) is 5.75 Å². The van der Waals surface area contributed by atoms with Crippen molar-refractivity contribution in [2.45, 2.75) is 37.5 Å². The smallest absolute Gasteiger partial charge is 0.255 e. The summed E-state index contributed by atoms with van der Waals surface area (Å²) in [5.41, 5.74) is 5.58. The minimum atomic E-state index is -0.236. The number of rotatable bonds is 6. The van der Waals surface area contributed by atoms with Crippen LogP contribution in [0.25, 0.3) is 10.9 Å². The van der Waals surface area contributed by atoms with Crippen molar-refractivity contribution in [1.29, 1.82) is 0 Å². The van der Waals surface area contributed by atoms with Crippen molar-refractivity contribution >= 4 is 32.7 Å². The SMILES string of the molecule is O=C(NCCC(c1ccccc1)C1CCCc2c1[nH]c1ccc(Br)cc21)c1ccccc1O. The molecule has 1 amide bonds. The van der Waals surface area contributed by atoms with Crippen molar-refractivity contribution in [3.63, 3.8) is 0 Å². The average molecular weight is 503 g/mol. The number of fused-ring (bicyclic) bond motifs is 3. The van der Waals surface area contributed by atoms with E-state index in [1.54, 1.807) is 24.3 Å². The molecule has 5 heteroatoms. The molecular formula is C28H27BrN2O2. The third-order valence-corrected chi connectivity index (χ3v) is 7.31. The van der Waals surface area contributed by atoms with Crippen LogP contribution in [0.5, 0.6) is 5.75 Å². The maximum absolute atomic E-state index is 12.6. The lowest BCUT2D eigenvalue weighted by Gasteiger charge is -2.31. The fourth-order valence-corrected chi connectivity index (χ4v) is 5.64. The summed E-state index contributed by atoms with van der Waals surface area (Å²) < 4.78 is 1.10. The zero-order valence-corrected chi connectivity index (χ0v) is 19.9. The Balaban J connectivity index is 1.42. The molecule has 0 aliphatic heterocycles. The Morgan fingerprint density at radius 3 is 2.70 bits per heavy atom. The van der Waals surface area contributed by atoms with Crippen LogP contribution in [0.4, 0.5) is 0 Å². The van der Waals surface area contributed by atoms with Gasteiger partial charge in [-0.05, 0) is 73.1 Å². The second-order valence-electron chi connectivity index (χ2n) is 8.78. The van der Waals surface area contributed by atoms with Crippen molar-refractivity contribution in [1.82, 2.24) is 10.3 Å². The molecule has 5 rings (SSSR count). The summed E-state index contributed by atoms with van der Waals surface area (Å²) in [6, 6.07) is 23.8. The number of halogens is 1. The lowest BCUT2D eigenvalue weighted by Crippen LogP contribution is -2.27. The van der Waals surface area contributed by atoms with Gasteiger partial charge in [-0.25, -0.2) is 0 Å². The van der Waals surface area contributed by atoms with E-state index in [1.165, 1.54) is 27.7 Å². The maximum atomic E-state index is 12.6. The number of H-pyrrole nitrogens is 1. The normalized spacial score (nSPS) is 16.3. The van der Waals surface area contributed by atoms with Crippen LogP contribution in [0.15, 0.2) is 77.3 Å². The molecule has 0 fully saturated rings. The van der Waals surface area contributed by atoms with E-state index in [1.807, 2.05) is 6.07 Å². The lowest BCUT2D eigenvalue weighted by atomic mass is 9.74. The Morgan fingerprint density at radius 2 is 1.88 bits per heavy atom. The van der Waals surface area contributed by atoms with E-state index in [4.69, 9.17) is 0 Å². The number of aromatic amines is 1. The molecule has 4 aromatic rings. The van der Waals surface area contributed by atoms with Gasteiger partial charge in [-0.2, -0.15) is 0 Å². The summed E-state index contributed by atoms with van der Waals surface area (Å²) in [6.07, 6.45) is 4.19. The molecule has 33 heavy (non-hydrogen) atoms. The first-order valence-electron chi connectivity index (χ1n) is 11.5. The third kappa shape index (κ3) is 4.42. The number of carbonyl (C=O) groups excluding carboxylic acids is 1. The zero-order valence-electron chi connectivity index (χ0n) is 18.4. The van der Waals surface area contributed by atoms with Crippen LogP contribution in [0.3, 0.4) is 0 Å². The summed E-state index contributed by atoms with van der Waals surface area (Å²) in [5.74, 6) is 0.422. The van der Waals surface area contributed by atoms with Gasteiger partial charge < -0.3 is 15.4 Å². The van der Waals surface area contributed by atoms with Gasteiger partial charge in [-0.3, -0.25) is 4.79 Å². The van der Waals surface area contributed by atoms with Crippen molar-refractivity contribution in [2.24, 2.45) is 0 Å². The standard InChI is InChI=1S/C28H27BrN2O2/c29-19-13-14-25-24(17-19)22-11-6-10-21(27(22)31-25)20(18-7-2-1-3-8-18)15-16-30-28(33)23-9-4-5-12-26(23)32/h1-5,7-9,12-14,17,20-21,31-32H,6,10-11,15-16H2,(H,30,33). The van der Waals surface area contributed by atoms with Gasteiger partial charge in [0.05, 0.1) is 5.56 Å². The zero-order chi connectivity index (χ0) is 22.8. The molecule has 3 N–H and O–H groups in total. The molecule has 0 spiro atoms. The molecule has 0 bridgehead atoms.